The van der Waals surface area contributed by atoms with Gasteiger partial charge in [0.1, 0.15) is 5.82 Å². The van der Waals surface area contributed by atoms with Gasteiger partial charge in [-0.15, -0.1) is 0 Å². The van der Waals surface area contributed by atoms with Crippen LogP contribution >= 0.6 is 0 Å². The maximum absolute atomic E-state index is 13.7. The first kappa shape index (κ1) is 25.9. The van der Waals surface area contributed by atoms with Crippen molar-refractivity contribution in [3.63, 3.8) is 0 Å². The van der Waals surface area contributed by atoms with Crippen LogP contribution in [-0.4, -0.2) is 63.2 Å². The van der Waals surface area contributed by atoms with Gasteiger partial charge in [-0.3, -0.25) is 9.59 Å². The Morgan fingerprint density at radius 2 is 1.83 bits per heavy atom. The summed E-state index contributed by atoms with van der Waals surface area (Å²) in [5.41, 5.74) is 4.92. The molecule has 0 saturated carbocycles. The summed E-state index contributed by atoms with van der Waals surface area (Å²) < 4.78 is 81.8. The SMILES string of the molecule is N[C@@H](CC(=O)N1CCc2c(nc(-c3ccc(F)cc3)nc2C(F)(F)F)C1)CN1CC(F)(F)CCC1=O. The van der Waals surface area contributed by atoms with E-state index in [1.165, 1.54) is 17.0 Å². The zero-order chi connectivity index (χ0) is 26.3. The van der Waals surface area contributed by atoms with Crippen LogP contribution in [0.15, 0.2) is 24.3 Å². The highest BCUT2D eigenvalue weighted by atomic mass is 19.4. The fourth-order valence-electron chi connectivity index (χ4n) is 4.37. The molecule has 0 unspecified atom stereocenters. The molecule has 2 N–H and O–H groups in total. The number of amides is 2. The standard InChI is InChI=1S/C23H23F6N5O2/c24-14-3-1-13(2-4-14)21-31-17-11-33(8-6-16(17)20(32-21)23(27,28)29)19(36)9-15(30)10-34-12-22(25,26)7-5-18(34)35/h1-4,15H,5-12,30H2/t15-/m0/s1. The molecule has 1 aromatic carbocycles. The van der Waals surface area contributed by atoms with Gasteiger partial charge in [0, 0.05) is 49.5 Å². The summed E-state index contributed by atoms with van der Waals surface area (Å²) in [6.45, 7) is -1.28. The molecule has 0 radical (unpaired) electrons. The van der Waals surface area contributed by atoms with E-state index in [2.05, 4.69) is 9.97 Å². The smallest absolute Gasteiger partial charge is 0.336 e. The van der Waals surface area contributed by atoms with Crippen molar-refractivity contribution < 1.29 is 35.9 Å². The van der Waals surface area contributed by atoms with Gasteiger partial charge in [0.2, 0.25) is 11.8 Å². The number of rotatable bonds is 5. The van der Waals surface area contributed by atoms with E-state index in [-0.39, 0.29) is 61.5 Å². The summed E-state index contributed by atoms with van der Waals surface area (Å²) in [7, 11) is 0. The lowest BCUT2D eigenvalue weighted by Crippen LogP contribution is -2.51. The zero-order valence-electron chi connectivity index (χ0n) is 19.0. The summed E-state index contributed by atoms with van der Waals surface area (Å²) in [5, 5.41) is 0. The molecule has 0 aliphatic carbocycles. The Morgan fingerprint density at radius 3 is 2.50 bits per heavy atom. The highest BCUT2D eigenvalue weighted by molar-refractivity contribution is 5.78. The molecule has 36 heavy (non-hydrogen) atoms. The highest BCUT2D eigenvalue weighted by Crippen LogP contribution is 2.35. The minimum Gasteiger partial charge on any atom is -0.336 e. The molecule has 2 aliphatic heterocycles. The van der Waals surface area contributed by atoms with E-state index < -0.39 is 54.4 Å². The summed E-state index contributed by atoms with van der Waals surface area (Å²) in [5.74, 6) is -4.82. The Morgan fingerprint density at radius 1 is 1.14 bits per heavy atom. The zero-order valence-corrected chi connectivity index (χ0v) is 19.0. The second-order valence-corrected chi connectivity index (χ2v) is 8.99. The average Bonchev–Trinajstić information content (AvgIpc) is 2.80. The first-order chi connectivity index (χ1) is 16.8. The number of piperidine rings is 1. The number of hydrogen-bond donors (Lipinski definition) is 1. The van der Waals surface area contributed by atoms with Crippen molar-refractivity contribution in [2.45, 2.75) is 50.4 Å². The Balaban J connectivity index is 1.50. The van der Waals surface area contributed by atoms with Crippen molar-refractivity contribution in [3.05, 3.63) is 47.0 Å². The quantitative estimate of drug-likeness (QED) is 0.618. The van der Waals surface area contributed by atoms with Gasteiger partial charge in [0.25, 0.3) is 5.92 Å². The van der Waals surface area contributed by atoms with Crippen LogP contribution in [0.2, 0.25) is 0 Å². The number of likely N-dealkylation sites (tertiary alicyclic amines) is 1. The summed E-state index contributed by atoms with van der Waals surface area (Å²) in [4.78, 5) is 34.9. The minimum absolute atomic E-state index is 0.00988. The number of nitrogens with two attached hydrogens (primary N) is 1. The molecule has 1 fully saturated rings. The molecule has 2 aromatic rings. The van der Waals surface area contributed by atoms with Crippen molar-refractivity contribution >= 4 is 11.8 Å². The lowest BCUT2D eigenvalue weighted by atomic mass is 10.0. The number of carbonyl (C=O) groups is 2. The van der Waals surface area contributed by atoms with Crippen molar-refractivity contribution in [1.29, 1.82) is 0 Å². The summed E-state index contributed by atoms with van der Waals surface area (Å²) in [6.07, 6.45) is -6.04. The fraction of sp³-hybridized carbons (Fsp3) is 0.478. The van der Waals surface area contributed by atoms with Crippen molar-refractivity contribution in [3.8, 4) is 11.4 Å². The molecular weight excluding hydrogens is 492 g/mol. The van der Waals surface area contributed by atoms with Gasteiger partial charge < -0.3 is 15.5 Å². The second-order valence-electron chi connectivity index (χ2n) is 8.99. The van der Waals surface area contributed by atoms with E-state index >= 15 is 0 Å². The van der Waals surface area contributed by atoms with Crippen molar-refractivity contribution in [1.82, 2.24) is 19.8 Å². The lowest BCUT2D eigenvalue weighted by molar-refractivity contribution is -0.148. The maximum atomic E-state index is 13.7. The van der Waals surface area contributed by atoms with E-state index in [0.29, 0.717) is 0 Å². The van der Waals surface area contributed by atoms with Crippen LogP contribution in [0.1, 0.15) is 36.2 Å². The largest absolute Gasteiger partial charge is 0.433 e. The normalized spacial score (nSPS) is 18.7. The fourth-order valence-corrected chi connectivity index (χ4v) is 4.37. The van der Waals surface area contributed by atoms with E-state index in [9.17, 15) is 35.9 Å². The highest BCUT2D eigenvalue weighted by Gasteiger charge is 2.41. The monoisotopic (exact) mass is 515 g/mol. The molecule has 13 heteroatoms. The van der Waals surface area contributed by atoms with Gasteiger partial charge in [-0.2, -0.15) is 13.2 Å². The molecule has 1 saturated heterocycles. The minimum atomic E-state index is -4.76. The lowest BCUT2D eigenvalue weighted by Gasteiger charge is -2.34. The van der Waals surface area contributed by atoms with Crippen LogP contribution in [0, 0.1) is 5.82 Å². The van der Waals surface area contributed by atoms with Gasteiger partial charge >= 0.3 is 6.18 Å². The number of hydrogen-bond acceptors (Lipinski definition) is 5. The van der Waals surface area contributed by atoms with Gasteiger partial charge in [-0.05, 0) is 30.7 Å². The van der Waals surface area contributed by atoms with Crippen LogP contribution in [0.3, 0.4) is 0 Å². The van der Waals surface area contributed by atoms with Gasteiger partial charge in [0.15, 0.2) is 11.5 Å². The van der Waals surface area contributed by atoms with E-state index in [4.69, 9.17) is 5.73 Å². The van der Waals surface area contributed by atoms with Crippen molar-refractivity contribution in [2.75, 3.05) is 19.6 Å². The summed E-state index contributed by atoms with van der Waals surface area (Å²) in [6, 6.07) is 3.74. The van der Waals surface area contributed by atoms with Crippen molar-refractivity contribution in [2.24, 2.45) is 5.73 Å². The van der Waals surface area contributed by atoms with E-state index in [1.54, 1.807) is 0 Å². The molecule has 3 heterocycles. The number of fused-ring (bicyclic) bond motifs is 1. The van der Waals surface area contributed by atoms with Crippen LogP contribution in [0.5, 0.6) is 0 Å². The van der Waals surface area contributed by atoms with Gasteiger partial charge in [-0.25, -0.2) is 23.1 Å². The molecule has 0 spiro atoms. The molecule has 1 aromatic heterocycles. The van der Waals surface area contributed by atoms with Crippen LogP contribution < -0.4 is 5.73 Å². The molecule has 194 valence electrons. The Kier molecular flexibility index (Phi) is 6.95. The van der Waals surface area contributed by atoms with Gasteiger partial charge in [-0.1, -0.05) is 0 Å². The third kappa shape index (κ3) is 5.77. The Hall–Kier alpha value is -3.22. The van der Waals surface area contributed by atoms with E-state index in [0.717, 1.165) is 17.0 Å². The third-order valence-electron chi connectivity index (χ3n) is 6.16. The number of carbonyl (C=O) groups excluding carboxylic acids is 2. The van der Waals surface area contributed by atoms with E-state index in [1.807, 2.05) is 0 Å². The molecule has 1 atom stereocenters. The first-order valence-electron chi connectivity index (χ1n) is 11.2. The Labute approximate surface area is 202 Å². The number of aromatic nitrogens is 2. The Bertz CT molecular complexity index is 1150. The third-order valence-corrected chi connectivity index (χ3v) is 6.16. The molecule has 0 bridgehead atoms. The first-order valence-corrected chi connectivity index (χ1v) is 11.2. The number of halogens is 6. The second kappa shape index (κ2) is 9.68. The average molecular weight is 515 g/mol. The predicted molar refractivity (Wildman–Crippen MR) is 115 cm³/mol. The molecule has 7 nitrogen and oxygen atoms in total. The predicted octanol–water partition coefficient (Wildman–Crippen LogP) is 3.16. The van der Waals surface area contributed by atoms with Gasteiger partial charge in [0.05, 0.1) is 18.8 Å². The van der Waals surface area contributed by atoms with Crippen LogP contribution in [0.4, 0.5) is 26.3 Å². The molecular formula is C23H23F6N5O2. The summed E-state index contributed by atoms with van der Waals surface area (Å²) >= 11 is 0. The maximum Gasteiger partial charge on any atom is 0.433 e. The number of benzene rings is 1. The number of nitrogens with zero attached hydrogens (tertiary/aromatic N) is 4. The molecule has 2 amide bonds. The molecule has 4 rings (SSSR count). The topological polar surface area (TPSA) is 92.4 Å². The number of alkyl halides is 5. The van der Waals surface area contributed by atoms with Crippen LogP contribution in [0.25, 0.3) is 11.4 Å². The molecule has 2 aliphatic rings. The van der Waals surface area contributed by atoms with Crippen LogP contribution in [-0.2, 0) is 28.7 Å².